The van der Waals surface area contributed by atoms with Crippen molar-refractivity contribution in [1.29, 1.82) is 0 Å². The number of fused-ring (bicyclic) bond motifs is 1. The Hall–Kier alpha value is -1.55. The van der Waals surface area contributed by atoms with E-state index in [9.17, 15) is 4.79 Å². The van der Waals surface area contributed by atoms with E-state index in [1.165, 1.54) is 12.2 Å². The number of rotatable bonds is 1. The van der Waals surface area contributed by atoms with Crippen LogP contribution in [0.2, 0.25) is 0 Å². The highest BCUT2D eigenvalue weighted by molar-refractivity contribution is 5.93. The zero-order valence-electron chi connectivity index (χ0n) is 8.23. The number of nitrogens with zero attached hydrogens (tertiary/aromatic N) is 2. The molecule has 0 aliphatic carbocycles. The van der Waals surface area contributed by atoms with E-state index in [0.717, 1.165) is 11.3 Å². The molecule has 0 saturated heterocycles. The summed E-state index contributed by atoms with van der Waals surface area (Å²) in [6, 6.07) is 7.66. The van der Waals surface area contributed by atoms with Gasteiger partial charge in [-0.15, -0.1) is 0 Å². The van der Waals surface area contributed by atoms with Gasteiger partial charge in [0, 0.05) is 7.05 Å². The van der Waals surface area contributed by atoms with Crippen molar-refractivity contribution in [3.8, 4) is 0 Å². The number of carbonyl (C=O) groups is 1. The smallest absolute Gasteiger partial charge is 0.295 e. The van der Waals surface area contributed by atoms with Crippen molar-refractivity contribution in [3.63, 3.8) is 0 Å². The van der Waals surface area contributed by atoms with E-state index in [1.54, 1.807) is 11.9 Å². The number of para-hydroxylation sites is 1. The van der Waals surface area contributed by atoms with Gasteiger partial charge >= 0.3 is 6.03 Å². The minimum Gasteiger partial charge on any atom is -0.295 e. The fourth-order valence-corrected chi connectivity index (χ4v) is 1.61. The zero-order chi connectivity index (χ0) is 10.1. The molecule has 1 aromatic rings. The molecule has 2 amide bonds. The molecule has 14 heavy (non-hydrogen) atoms. The molecule has 4 nitrogen and oxygen atoms in total. The molecule has 4 heteroatoms. The van der Waals surface area contributed by atoms with Crippen molar-refractivity contribution in [2.75, 3.05) is 19.1 Å². The van der Waals surface area contributed by atoms with Gasteiger partial charge in [0.05, 0.1) is 19.3 Å². The number of urea groups is 1. The Morgan fingerprint density at radius 3 is 2.79 bits per heavy atom. The molecule has 1 aliphatic heterocycles. The molecular weight excluding hydrogens is 180 g/mol. The number of carbonyl (C=O) groups excluding carboxylic acids is 1. The molecule has 1 aliphatic rings. The third-order valence-electron chi connectivity index (χ3n) is 2.39. The number of anilines is 1. The normalized spacial score (nSPS) is 15.7. The zero-order valence-corrected chi connectivity index (χ0v) is 8.23. The molecule has 0 unspecified atom stereocenters. The van der Waals surface area contributed by atoms with E-state index in [1.807, 2.05) is 24.3 Å². The van der Waals surface area contributed by atoms with Crippen LogP contribution < -0.4 is 4.90 Å². The van der Waals surface area contributed by atoms with Crippen molar-refractivity contribution in [3.05, 3.63) is 29.8 Å². The number of amides is 2. The minimum atomic E-state index is -0.133. The summed E-state index contributed by atoms with van der Waals surface area (Å²) in [6.07, 6.45) is 0. The SMILES string of the molecule is CON1Cc2ccccc2N(C)C1=O. The van der Waals surface area contributed by atoms with Gasteiger partial charge in [0.25, 0.3) is 0 Å². The average molecular weight is 192 g/mol. The lowest BCUT2D eigenvalue weighted by Gasteiger charge is -2.32. The van der Waals surface area contributed by atoms with E-state index >= 15 is 0 Å². The Labute approximate surface area is 82.6 Å². The lowest BCUT2D eigenvalue weighted by Crippen LogP contribution is -2.44. The first-order chi connectivity index (χ1) is 6.74. The summed E-state index contributed by atoms with van der Waals surface area (Å²) in [5.41, 5.74) is 2.04. The van der Waals surface area contributed by atoms with Crippen molar-refractivity contribution in [2.24, 2.45) is 0 Å². The summed E-state index contributed by atoms with van der Waals surface area (Å²) in [6.45, 7) is 0.510. The van der Waals surface area contributed by atoms with Gasteiger partial charge in [-0.05, 0) is 11.6 Å². The highest BCUT2D eigenvalue weighted by Gasteiger charge is 2.27. The van der Waals surface area contributed by atoms with Gasteiger partial charge in [-0.3, -0.25) is 9.74 Å². The molecule has 1 aromatic carbocycles. The van der Waals surface area contributed by atoms with Gasteiger partial charge in [0.15, 0.2) is 0 Å². The molecule has 0 spiro atoms. The lowest BCUT2D eigenvalue weighted by atomic mass is 10.1. The molecule has 74 valence electrons. The van der Waals surface area contributed by atoms with Crippen LogP contribution in [0.25, 0.3) is 0 Å². The van der Waals surface area contributed by atoms with Crippen LogP contribution in [-0.2, 0) is 11.4 Å². The summed E-state index contributed by atoms with van der Waals surface area (Å²) >= 11 is 0. The molecule has 0 aromatic heterocycles. The second-order valence-corrected chi connectivity index (χ2v) is 3.19. The summed E-state index contributed by atoms with van der Waals surface area (Å²) in [5, 5.41) is 1.34. The van der Waals surface area contributed by atoms with Crippen LogP contribution in [0, 0.1) is 0 Å². The molecule has 0 N–H and O–H groups in total. The van der Waals surface area contributed by atoms with Crippen LogP contribution in [-0.4, -0.2) is 25.3 Å². The van der Waals surface area contributed by atoms with Crippen LogP contribution in [0.4, 0.5) is 10.5 Å². The Balaban J connectivity index is 2.42. The van der Waals surface area contributed by atoms with Crippen molar-refractivity contribution < 1.29 is 9.63 Å². The Bertz CT molecular complexity index is 365. The number of hydroxylamine groups is 2. The molecule has 2 rings (SSSR count). The fraction of sp³-hybridized carbons (Fsp3) is 0.300. The predicted octanol–water partition coefficient (Wildman–Crippen LogP) is 1.62. The van der Waals surface area contributed by atoms with Crippen molar-refractivity contribution >= 4 is 11.7 Å². The Morgan fingerprint density at radius 2 is 2.07 bits per heavy atom. The molecule has 0 bridgehead atoms. The second-order valence-electron chi connectivity index (χ2n) is 3.19. The summed E-state index contributed by atoms with van der Waals surface area (Å²) in [4.78, 5) is 18.2. The molecule has 0 saturated carbocycles. The first kappa shape index (κ1) is 9.02. The summed E-state index contributed by atoms with van der Waals surface area (Å²) in [5.74, 6) is 0. The van der Waals surface area contributed by atoms with Crippen LogP contribution in [0.1, 0.15) is 5.56 Å². The largest absolute Gasteiger partial charge is 0.348 e. The van der Waals surface area contributed by atoms with E-state index in [-0.39, 0.29) is 6.03 Å². The number of hydrogen-bond acceptors (Lipinski definition) is 2. The quantitative estimate of drug-likeness (QED) is 0.677. The van der Waals surface area contributed by atoms with Crippen molar-refractivity contribution in [2.45, 2.75) is 6.54 Å². The summed E-state index contributed by atoms with van der Waals surface area (Å²) < 4.78 is 0. The molecule has 0 radical (unpaired) electrons. The van der Waals surface area contributed by atoms with E-state index in [0.29, 0.717) is 6.54 Å². The average Bonchev–Trinajstić information content (AvgIpc) is 2.23. The third kappa shape index (κ3) is 1.24. The number of benzene rings is 1. The molecule has 0 fully saturated rings. The maximum absolute atomic E-state index is 11.6. The first-order valence-corrected chi connectivity index (χ1v) is 4.41. The molecule has 0 atom stereocenters. The highest BCUT2D eigenvalue weighted by Crippen LogP contribution is 2.26. The maximum atomic E-state index is 11.6. The fourth-order valence-electron chi connectivity index (χ4n) is 1.61. The maximum Gasteiger partial charge on any atom is 0.348 e. The second kappa shape index (κ2) is 3.31. The van der Waals surface area contributed by atoms with Gasteiger partial charge in [-0.1, -0.05) is 18.2 Å². The van der Waals surface area contributed by atoms with E-state index in [2.05, 4.69) is 0 Å². The van der Waals surface area contributed by atoms with Gasteiger partial charge in [-0.2, -0.15) is 5.06 Å². The standard InChI is InChI=1S/C10H12N2O2/c1-11-9-6-4-3-5-8(9)7-12(14-2)10(11)13/h3-6H,7H2,1-2H3. The first-order valence-electron chi connectivity index (χ1n) is 4.41. The van der Waals surface area contributed by atoms with Gasteiger partial charge < -0.3 is 0 Å². The van der Waals surface area contributed by atoms with Gasteiger partial charge in [0.2, 0.25) is 0 Å². The van der Waals surface area contributed by atoms with E-state index < -0.39 is 0 Å². The van der Waals surface area contributed by atoms with Crippen LogP contribution in [0.3, 0.4) is 0 Å². The molecular formula is C10H12N2O2. The van der Waals surface area contributed by atoms with Crippen LogP contribution >= 0.6 is 0 Å². The predicted molar refractivity (Wildman–Crippen MR) is 52.8 cm³/mol. The molecule has 1 heterocycles. The van der Waals surface area contributed by atoms with Gasteiger partial charge in [0.1, 0.15) is 0 Å². The van der Waals surface area contributed by atoms with Crippen LogP contribution in [0.15, 0.2) is 24.3 Å². The van der Waals surface area contributed by atoms with Gasteiger partial charge in [-0.25, -0.2) is 4.79 Å². The third-order valence-corrected chi connectivity index (χ3v) is 2.39. The Morgan fingerprint density at radius 1 is 1.36 bits per heavy atom. The minimum absolute atomic E-state index is 0.133. The highest BCUT2D eigenvalue weighted by atomic mass is 16.7. The monoisotopic (exact) mass is 192 g/mol. The topological polar surface area (TPSA) is 32.8 Å². The number of hydrogen-bond donors (Lipinski definition) is 0. The Kier molecular flexibility index (Phi) is 2.13. The van der Waals surface area contributed by atoms with Crippen molar-refractivity contribution in [1.82, 2.24) is 5.06 Å². The van der Waals surface area contributed by atoms with Crippen LogP contribution in [0.5, 0.6) is 0 Å². The lowest BCUT2D eigenvalue weighted by molar-refractivity contribution is -0.0926. The summed E-state index contributed by atoms with van der Waals surface area (Å²) in [7, 11) is 3.24. The van der Waals surface area contributed by atoms with E-state index in [4.69, 9.17) is 4.84 Å².